The van der Waals surface area contributed by atoms with E-state index in [1.165, 1.54) is 0 Å². The van der Waals surface area contributed by atoms with Crippen molar-refractivity contribution in [3.63, 3.8) is 0 Å². The quantitative estimate of drug-likeness (QED) is 0.748. The highest BCUT2D eigenvalue weighted by Gasteiger charge is 2.29. The van der Waals surface area contributed by atoms with E-state index in [0.29, 0.717) is 18.1 Å². The smallest absolute Gasteiger partial charge is 0.223 e. The number of benzene rings is 1. The maximum atomic E-state index is 12.4. The highest BCUT2D eigenvalue weighted by molar-refractivity contribution is 6.30. The zero-order valence-corrected chi connectivity index (χ0v) is 16.6. The second-order valence-corrected chi connectivity index (χ2v) is 7.73. The second kappa shape index (κ2) is 10.2. The van der Waals surface area contributed by atoms with Crippen LogP contribution in [0.25, 0.3) is 0 Å². The first kappa shape index (κ1) is 20.3. The third-order valence-electron chi connectivity index (χ3n) is 5.28. The number of carbonyl (C=O) groups is 2. The standard InChI is InChI=1S/C22H26ClN3O2/c23-20-9-3-16(4-10-20)11-13-25-21(27)18-5-7-19(8-6-18)22(28)26-15-17-2-1-12-24-14-17/h1-4,9-10,12,14,18-19H,5-8,11,13,15H2,(H,25,27)(H,26,28). The summed E-state index contributed by atoms with van der Waals surface area (Å²) in [7, 11) is 0. The van der Waals surface area contributed by atoms with Gasteiger partial charge in [0.25, 0.3) is 0 Å². The highest BCUT2D eigenvalue weighted by atomic mass is 35.5. The van der Waals surface area contributed by atoms with Crippen LogP contribution in [0.5, 0.6) is 0 Å². The van der Waals surface area contributed by atoms with Gasteiger partial charge in [-0.2, -0.15) is 0 Å². The first-order valence-corrected chi connectivity index (χ1v) is 10.2. The maximum Gasteiger partial charge on any atom is 0.223 e. The van der Waals surface area contributed by atoms with Crippen molar-refractivity contribution >= 4 is 23.4 Å². The summed E-state index contributed by atoms with van der Waals surface area (Å²) < 4.78 is 0. The number of amides is 2. The topological polar surface area (TPSA) is 71.1 Å². The van der Waals surface area contributed by atoms with E-state index in [1.807, 2.05) is 36.4 Å². The molecule has 0 radical (unpaired) electrons. The number of nitrogens with one attached hydrogen (secondary N) is 2. The molecule has 28 heavy (non-hydrogen) atoms. The minimum Gasteiger partial charge on any atom is -0.356 e. The van der Waals surface area contributed by atoms with Gasteiger partial charge in [-0.25, -0.2) is 0 Å². The summed E-state index contributed by atoms with van der Waals surface area (Å²) in [5, 5.41) is 6.72. The van der Waals surface area contributed by atoms with Gasteiger partial charge in [-0.1, -0.05) is 29.8 Å². The van der Waals surface area contributed by atoms with Crippen molar-refractivity contribution in [1.82, 2.24) is 15.6 Å². The molecular weight excluding hydrogens is 374 g/mol. The number of pyridine rings is 1. The van der Waals surface area contributed by atoms with E-state index in [4.69, 9.17) is 11.6 Å². The van der Waals surface area contributed by atoms with Crippen molar-refractivity contribution in [1.29, 1.82) is 0 Å². The van der Waals surface area contributed by atoms with Gasteiger partial charge >= 0.3 is 0 Å². The molecule has 5 nitrogen and oxygen atoms in total. The van der Waals surface area contributed by atoms with Crippen LogP contribution in [0.3, 0.4) is 0 Å². The molecule has 0 spiro atoms. The van der Waals surface area contributed by atoms with Gasteiger partial charge in [0, 0.05) is 42.3 Å². The first-order chi connectivity index (χ1) is 13.6. The fourth-order valence-corrected chi connectivity index (χ4v) is 3.71. The fraction of sp³-hybridized carbons (Fsp3) is 0.409. The lowest BCUT2D eigenvalue weighted by Crippen LogP contribution is -2.37. The predicted molar refractivity (Wildman–Crippen MR) is 110 cm³/mol. The Morgan fingerprint density at radius 3 is 2.18 bits per heavy atom. The Kier molecular flexibility index (Phi) is 7.43. The third kappa shape index (κ3) is 6.06. The van der Waals surface area contributed by atoms with Gasteiger partial charge in [-0.05, 0) is 61.4 Å². The highest BCUT2D eigenvalue weighted by Crippen LogP contribution is 2.29. The predicted octanol–water partition coefficient (Wildman–Crippen LogP) is 3.52. The Hall–Kier alpha value is -2.40. The molecule has 1 aliphatic rings. The molecule has 0 bridgehead atoms. The van der Waals surface area contributed by atoms with Crippen LogP contribution in [-0.4, -0.2) is 23.3 Å². The van der Waals surface area contributed by atoms with Crippen molar-refractivity contribution in [3.05, 3.63) is 64.9 Å². The van der Waals surface area contributed by atoms with Gasteiger partial charge < -0.3 is 10.6 Å². The summed E-state index contributed by atoms with van der Waals surface area (Å²) in [6.45, 7) is 1.11. The van der Waals surface area contributed by atoms with Crippen LogP contribution >= 0.6 is 11.6 Å². The van der Waals surface area contributed by atoms with Crippen LogP contribution in [-0.2, 0) is 22.6 Å². The van der Waals surface area contributed by atoms with Gasteiger partial charge in [0.05, 0.1) is 0 Å². The monoisotopic (exact) mass is 399 g/mol. The number of rotatable bonds is 7. The van der Waals surface area contributed by atoms with Crippen LogP contribution in [0.4, 0.5) is 0 Å². The van der Waals surface area contributed by atoms with E-state index in [-0.39, 0.29) is 23.7 Å². The van der Waals surface area contributed by atoms with E-state index < -0.39 is 0 Å². The molecular formula is C22H26ClN3O2. The molecule has 1 aliphatic carbocycles. The van der Waals surface area contributed by atoms with Crippen molar-refractivity contribution in [3.8, 4) is 0 Å². The van der Waals surface area contributed by atoms with Gasteiger partial charge in [0.1, 0.15) is 0 Å². The summed E-state index contributed by atoms with van der Waals surface area (Å²) in [4.78, 5) is 28.8. The van der Waals surface area contributed by atoms with Gasteiger partial charge in [0.15, 0.2) is 0 Å². The molecule has 0 aliphatic heterocycles. The molecule has 148 valence electrons. The molecule has 2 amide bonds. The average molecular weight is 400 g/mol. The van der Waals surface area contributed by atoms with Gasteiger partial charge in [0.2, 0.25) is 11.8 Å². The minimum absolute atomic E-state index is 0.00483. The number of carbonyl (C=O) groups excluding carboxylic acids is 2. The van der Waals surface area contributed by atoms with E-state index in [9.17, 15) is 9.59 Å². The van der Waals surface area contributed by atoms with Crippen molar-refractivity contribution in [2.75, 3.05) is 6.54 Å². The van der Waals surface area contributed by atoms with Crippen LogP contribution < -0.4 is 10.6 Å². The zero-order valence-electron chi connectivity index (χ0n) is 15.9. The summed E-state index contributed by atoms with van der Waals surface area (Å²) in [6, 6.07) is 11.5. The second-order valence-electron chi connectivity index (χ2n) is 7.30. The Morgan fingerprint density at radius 1 is 0.929 bits per heavy atom. The molecule has 1 saturated carbocycles. The number of hydrogen-bond donors (Lipinski definition) is 2. The molecule has 1 aromatic heterocycles. The SMILES string of the molecule is O=C(NCCc1ccc(Cl)cc1)C1CCC(C(=O)NCc2cccnc2)CC1. The molecule has 0 atom stereocenters. The Balaban J connectivity index is 1.35. The lowest BCUT2D eigenvalue weighted by molar-refractivity contribution is -0.130. The van der Waals surface area contributed by atoms with E-state index >= 15 is 0 Å². The average Bonchev–Trinajstić information content (AvgIpc) is 2.74. The molecule has 0 unspecified atom stereocenters. The molecule has 2 aromatic rings. The van der Waals surface area contributed by atoms with Crippen LogP contribution in [0.15, 0.2) is 48.8 Å². The summed E-state index contributed by atoms with van der Waals surface area (Å²) >= 11 is 5.88. The zero-order chi connectivity index (χ0) is 19.8. The summed E-state index contributed by atoms with van der Waals surface area (Å²) in [6.07, 6.45) is 7.30. The van der Waals surface area contributed by atoms with Crippen LogP contribution in [0.2, 0.25) is 5.02 Å². The molecule has 0 saturated heterocycles. The maximum absolute atomic E-state index is 12.4. The van der Waals surface area contributed by atoms with Crippen molar-refractivity contribution in [2.24, 2.45) is 11.8 Å². The van der Waals surface area contributed by atoms with Gasteiger partial charge in [-0.3, -0.25) is 14.6 Å². The fourth-order valence-electron chi connectivity index (χ4n) is 3.58. The Labute approximate surface area is 170 Å². The van der Waals surface area contributed by atoms with Gasteiger partial charge in [-0.15, -0.1) is 0 Å². The minimum atomic E-state index is -0.00483. The Morgan fingerprint density at radius 2 is 1.57 bits per heavy atom. The Bertz CT molecular complexity index is 772. The molecule has 3 rings (SSSR count). The summed E-state index contributed by atoms with van der Waals surface area (Å²) in [5.41, 5.74) is 2.14. The van der Waals surface area contributed by atoms with Crippen LogP contribution in [0.1, 0.15) is 36.8 Å². The molecule has 1 heterocycles. The number of nitrogens with zero attached hydrogens (tertiary/aromatic N) is 1. The number of hydrogen-bond acceptors (Lipinski definition) is 3. The normalized spacial score (nSPS) is 19.0. The van der Waals surface area contributed by atoms with Crippen molar-refractivity contribution < 1.29 is 9.59 Å². The molecule has 2 N–H and O–H groups in total. The number of aromatic nitrogens is 1. The summed E-state index contributed by atoms with van der Waals surface area (Å²) in [5.74, 6) is 0.177. The lowest BCUT2D eigenvalue weighted by atomic mass is 9.81. The largest absolute Gasteiger partial charge is 0.356 e. The van der Waals surface area contributed by atoms with E-state index in [2.05, 4.69) is 15.6 Å². The third-order valence-corrected chi connectivity index (χ3v) is 5.54. The van der Waals surface area contributed by atoms with E-state index in [1.54, 1.807) is 12.4 Å². The van der Waals surface area contributed by atoms with Crippen molar-refractivity contribution in [2.45, 2.75) is 38.6 Å². The first-order valence-electron chi connectivity index (χ1n) is 9.80. The lowest BCUT2D eigenvalue weighted by Gasteiger charge is -2.27. The van der Waals surface area contributed by atoms with Crippen LogP contribution in [0, 0.1) is 11.8 Å². The van der Waals surface area contributed by atoms with E-state index in [0.717, 1.165) is 43.2 Å². The molecule has 1 fully saturated rings. The number of halogens is 1. The molecule has 6 heteroatoms. The molecule has 1 aromatic carbocycles.